The van der Waals surface area contributed by atoms with Gasteiger partial charge >= 0.3 is 6.18 Å². The largest absolute Gasteiger partial charge is 0.433 e. The third-order valence-electron chi connectivity index (χ3n) is 2.61. The number of carbonyl (C=O) groups excluding carboxylic acids is 1. The predicted octanol–water partition coefficient (Wildman–Crippen LogP) is 0.822. The second-order valence-corrected chi connectivity index (χ2v) is 4.00. The minimum Gasteiger partial charge on any atom is -0.383 e. The molecule has 1 aromatic heterocycles. The molecule has 0 fully saturated rings. The van der Waals surface area contributed by atoms with E-state index in [-0.39, 0.29) is 19.1 Å². The Balaban J connectivity index is 3.10. The maximum Gasteiger partial charge on any atom is 0.433 e. The van der Waals surface area contributed by atoms with Gasteiger partial charge in [0.15, 0.2) is 0 Å². The van der Waals surface area contributed by atoms with Crippen molar-refractivity contribution >= 4 is 11.9 Å². The minimum atomic E-state index is -4.58. The first-order valence-corrected chi connectivity index (χ1v) is 5.72. The Morgan fingerprint density at radius 2 is 2.20 bits per heavy atom. The zero-order chi connectivity index (χ0) is 15.3. The molecule has 0 spiro atoms. The van der Waals surface area contributed by atoms with E-state index >= 15 is 0 Å². The van der Waals surface area contributed by atoms with Crippen molar-refractivity contribution in [3.63, 3.8) is 0 Å². The van der Waals surface area contributed by atoms with Crippen LogP contribution in [0.4, 0.5) is 19.1 Å². The van der Waals surface area contributed by atoms with Crippen molar-refractivity contribution in [1.29, 1.82) is 0 Å². The van der Waals surface area contributed by atoms with Gasteiger partial charge in [0.2, 0.25) is 11.9 Å². The summed E-state index contributed by atoms with van der Waals surface area (Å²) < 4.78 is 42.7. The maximum absolute atomic E-state index is 12.6. The SMILES string of the molecule is COCCN(c1nccc(C(F)(F)F)n1)[C@H](C)C(N)=O. The van der Waals surface area contributed by atoms with E-state index in [0.717, 1.165) is 12.3 Å². The summed E-state index contributed by atoms with van der Waals surface area (Å²) in [5.74, 6) is -0.912. The van der Waals surface area contributed by atoms with E-state index in [9.17, 15) is 18.0 Å². The molecule has 0 aliphatic heterocycles. The Morgan fingerprint density at radius 1 is 1.55 bits per heavy atom. The highest BCUT2D eigenvalue weighted by Gasteiger charge is 2.33. The topological polar surface area (TPSA) is 81.3 Å². The number of hydrogen-bond acceptors (Lipinski definition) is 5. The highest BCUT2D eigenvalue weighted by molar-refractivity contribution is 5.82. The monoisotopic (exact) mass is 292 g/mol. The van der Waals surface area contributed by atoms with E-state index in [4.69, 9.17) is 10.5 Å². The average Bonchev–Trinajstić information content (AvgIpc) is 2.38. The smallest absolute Gasteiger partial charge is 0.383 e. The van der Waals surface area contributed by atoms with E-state index in [2.05, 4.69) is 9.97 Å². The van der Waals surface area contributed by atoms with Crippen molar-refractivity contribution in [2.75, 3.05) is 25.2 Å². The molecule has 2 N–H and O–H groups in total. The fraction of sp³-hybridized carbons (Fsp3) is 0.545. The first-order chi connectivity index (χ1) is 9.27. The molecular formula is C11H15F3N4O2. The van der Waals surface area contributed by atoms with Crippen LogP contribution in [0, 0.1) is 0 Å². The zero-order valence-corrected chi connectivity index (χ0v) is 11.0. The number of rotatable bonds is 6. The molecule has 0 aliphatic rings. The van der Waals surface area contributed by atoms with E-state index in [0.29, 0.717) is 0 Å². The number of anilines is 1. The summed E-state index contributed by atoms with van der Waals surface area (Å²) in [6, 6.07) is -0.0962. The molecule has 1 aromatic rings. The van der Waals surface area contributed by atoms with E-state index < -0.39 is 23.8 Å². The number of nitrogens with zero attached hydrogens (tertiary/aromatic N) is 3. The highest BCUT2D eigenvalue weighted by Crippen LogP contribution is 2.28. The van der Waals surface area contributed by atoms with Crippen LogP contribution < -0.4 is 10.6 Å². The average molecular weight is 292 g/mol. The van der Waals surface area contributed by atoms with Gasteiger partial charge in [0, 0.05) is 19.9 Å². The molecule has 9 heteroatoms. The number of aromatic nitrogens is 2. The summed E-state index contributed by atoms with van der Waals surface area (Å²) in [7, 11) is 1.43. The Bertz CT molecular complexity index is 467. The van der Waals surface area contributed by atoms with Crippen molar-refractivity contribution < 1.29 is 22.7 Å². The van der Waals surface area contributed by atoms with E-state index in [1.54, 1.807) is 0 Å². The van der Waals surface area contributed by atoms with Gasteiger partial charge < -0.3 is 15.4 Å². The predicted molar refractivity (Wildman–Crippen MR) is 64.9 cm³/mol. The number of hydrogen-bond donors (Lipinski definition) is 1. The number of nitrogens with two attached hydrogens (primary N) is 1. The lowest BCUT2D eigenvalue weighted by Crippen LogP contribution is -2.45. The summed E-state index contributed by atoms with van der Waals surface area (Å²) in [5, 5.41) is 0. The number of methoxy groups -OCH3 is 1. The van der Waals surface area contributed by atoms with Crippen LogP contribution in [-0.2, 0) is 15.7 Å². The van der Waals surface area contributed by atoms with Gasteiger partial charge in [-0.15, -0.1) is 0 Å². The molecule has 0 aromatic carbocycles. The molecule has 112 valence electrons. The first-order valence-electron chi connectivity index (χ1n) is 5.72. The van der Waals surface area contributed by atoms with Crippen LogP contribution in [0.2, 0.25) is 0 Å². The van der Waals surface area contributed by atoms with Crippen LogP contribution in [0.25, 0.3) is 0 Å². The van der Waals surface area contributed by atoms with Gasteiger partial charge in [-0.05, 0) is 13.0 Å². The number of halogens is 3. The second-order valence-electron chi connectivity index (χ2n) is 4.00. The fourth-order valence-electron chi connectivity index (χ4n) is 1.45. The summed E-state index contributed by atoms with van der Waals surface area (Å²) in [4.78, 5) is 19.7. The van der Waals surface area contributed by atoms with Crippen LogP contribution in [0.5, 0.6) is 0 Å². The van der Waals surface area contributed by atoms with Crippen molar-refractivity contribution in [3.8, 4) is 0 Å². The second kappa shape index (κ2) is 6.51. The number of ether oxygens (including phenoxy) is 1. The molecule has 0 saturated carbocycles. The molecule has 1 amide bonds. The lowest BCUT2D eigenvalue weighted by Gasteiger charge is -2.27. The van der Waals surface area contributed by atoms with Gasteiger partial charge in [0.25, 0.3) is 0 Å². The maximum atomic E-state index is 12.6. The van der Waals surface area contributed by atoms with Gasteiger partial charge in [0.1, 0.15) is 11.7 Å². The Labute approximate surface area is 113 Å². The van der Waals surface area contributed by atoms with Crippen LogP contribution in [-0.4, -0.2) is 42.2 Å². The number of primary amides is 1. The number of carbonyl (C=O) groups is 1. The normalized spacial score (nSPS) is 13.1. The standard InChI is InChI=1S/C11H15F3N4O2/c1-7(9(15)19)18(5-6-20-2)10-16-4-3-8(17-10)11(12,13)14/h3-4,7H,5-6H2,1-2H3,(H2,15,19)/t7-/m1/s1. The summed E-state index contributed by atoms with van der Waals surface area (Å²) in [6.45, 7) is 1.79. The quantitative estimate of drug-likeness (QED) is 0.839. The van der Waals surface area contributed by atoms with Crippen molar-refractivity contribution in [2.45, 2.75) is 19.1 Å². The fourth-order valence-corrected chi connectivity index (χ4v) is 1.45. The summed E-state index contributed by atoms with van der Waals surface area (Å²) in [6.07, 6.45) is -3.60. The van der Waals surface area contributed by atoms with Gasteiger partial charge in [0.05, 0.1) is 6.61 Å². The molecule has 0 radical (unpaired) electrons. The van der Waals surface area contributed by atoms with Gasteiger partial charge in [-0.1, -0.05) is 0 Å². The molecule has 0 saturated heterocycles. The van der Waals surface area contributed by atoms with Crippen molar-refractivity contribution in [2.24, 2.45) is 5.73 Å². The van der Waals surface area contributed by atoms with E-state index in [1.807, 2.05) is 0 Å². The molecule has 0 unspecified atom stereocenters. The Hall–Kier alpha value is -1.90. The van der Waals surface area contributed by atoms with Crippen LogP contribution in [0.15, 0.2) is 12.3 Å². The van der Waals surface area contributed by atoms with Gasteiger partial charge in [-0.25, -0.2) is 9.97 Å². The lowest BCUT2D eigenvalue weighted by atomic mass is 10.2. The zero-order valence-electron chi connectivity index (χ0n) is 11.0. The number of alkyl halides is 3. The van der Waals surface area contributed by atoms with Gasteiger partial charge in [-0.3, -0.25) is 4.79 Å². The molecule has 1 atom stereocenters. The highest BCUT2D eigenvalue weighted by atomic mass is 19.4. The third kappa shape index (κ3) is 4.05. The molecule has 1 heterocycles. The van der Waals surface area contributed by atoms with E-state index in [1.165, 1.54) is 18.9 Å². The molecule has 6 nitrogen and oxygen atoms in total. The number of amides is 1. The lowest BCUT2D eigenvalue weighted by molar-refractivity contribution is -0.141. The first kappa shape index (κ1) is 16.2. The molecular weight excluding hydrogens is 277 g/mol. The van der Waals surface area contributed by atoms with Crippen molar-refractivity contribution in [3.05, 3.63) is 18.0 Å². The van der Waals surface area contributed by atoms with Crippen LogP contribution in [0.3, 0.4) is 0 Å². The van der Waals surface area contributed by atoms with Gasteiger partial charge in [-0.2, -0.15) is 13.2 Å². The Morgan fingerprint density at radius 3 is 2.70 bits per heavy atom. The Kier molecular flexibility index (Phi) is 5.26. The molecule has 1 rings (SSSR count). The van der Waals surface area contributed by atoms with Crippen molar-refractivity contribution in [1.82, 2.24) is 9.97 Å². The third-order valence-corrected chi connectivity index (χ3v) is 2.61. The summed E-state index contributed by atoms with van der Waals surface area (Å²) in [5.41, 5.74) is 4.09. The molecule has 20 heavy (non-hydrogen) atoms. The van der Waals surface area contributed by atoms with Crippen LogP contribution >= 0.6 is 0 Å². The molecule has 0 bridgehead atoms. The minimum absolute atomic E-state index is 0.141. The summed E-state index contributed by atoms with van der Waals surface area (Å²) >= 11 is 0. The van der Waals surface area contributed by atoms with Crippen LogP contribution in [0.1, 0.15) is 12.6 Å². The molecule has 0 aliphatic carbocycles.